The van der Waals surface area contributed by atoms with Crippen molar-refractivity contribution in [2.45, 2.75) is 6.92 Å². The zero-order valence-electron chi connectivity index (χ0n) is 16.8. The summed E-state index contributed by atoms with van der Waals surface area (Å²) in [6.07, 6.45) is 0. The molecule has 8 nitrogen and oxygen atoms in total. The van der Waals surface area contributed by atoms with E-state index in [1.165, 1.54) is 14.2 Å². The molecular weight excluding hydrogens is 374 g/mol. The van der Waals surface area contributed by atoms with E-state index in [1.54, 1.807) is 36.4 Å². The highest BCUT2D eigenvalue weighted by atomic mass is 16.5. The van der Waals surface area contributed by atoms with Crippen molar-refractivity contribution >= 4 is 29.2 Å². The number of methoxy groups -OCH3 is 2. The smallest absolute Gasteiger partial charge is 0.337 e. The second-order valence-corrected chi connectivity index (χ2v) is 6.32. The lowest BCUT2D eigenvalue weighted by Gasteiger charge is -2.17. The number of carbonyl (C=O) groups excluding carboxylic acids is 3. The van der Waals surface area contributed by atoms with Crippen molar-refractivity contribution in [2.75, 3.05) is 44.5 Å². The summed E-state index contributed by atoms with van der Waals surface area (Å²) in [6.45, 7) is 2.79. The van der Waals surface area contributed by atoms with Gasteiger partial charge in [0.25, 0.3) is 11.8 Å². The second-order valence-electron chi connectivity index (χ2n) is 6.32. The summed E-state index contributed by atoms with van der Waals surface area (Å²) in [5.74, 6) is -0.295. The molecule has 1 unspecified atom stereocenters. The minimum Gasteiger partial charge on any atom is -0.495 e. The molecule has 0 radical (unpaired) electrons. The number of likely N-dealkylation sites (N-methyl/N-ethyl adjacent to an activating group) is 1. The number of ether oxygens (including phenoxy) is 2. The van der Waals surface area contributed by atoms with Gasteiger partial charge in [-0.3, -0.25) is 9.59 Å². The molecule has 0 spiro atoms. The number of amides is 2. The molecule has 0 aliphatic heterocycles. The molecule has 8 heteroatoms. The molecule has 3 N–H and O–H groups in total. The molecule has 0 aliphatic rings. The Morgan fingerprint density at radius 3 is 2.10 bits per heavy atom. The lowest BCUT2D eigenvalue weighted by Crippen LogP contribution is -3.13. The highest BCUT2D eigenvalue weighted by Gasteiger charge is 2.18. The first-order chi connectivity index (χ1) is 14.0. The quantitative estimate of drug-likeness (QED) is 0.545. The molecule has 154 valence electrons. The van der Waals surface area contributed by atoms with E-state index >= 15 is 0 Å². The first kappa shape index (κ1) is 21.9. The molecule has 0 aliphatic carbocycles. The Balaban J connectivity index is 1.89. The third-order valence-corrected chi connectivity index (χ3v) is 4.29. The molecule has 0 aromatic heterocycles. The van der Waals surface area contributed by atoms with E-state index in [2.05, 4.69) is 15.4 Å². The van der Waals surface area contributed by atoms with Crippen LogP contribution in [0.3, 0.4) is 0 Å². The fraction of sp³-hybridized carbons (Fsp3) is 0.286. The van der Waals surface area contributed by atoms with E-state index in [0.29, 0.717) is 29.2 Å². The Bertz CT molecular complexity index is 852. The summed E-state index contributed by atoms with van der Waals surface area (Å²) >= 11 is 0. The topological polar surface area (TPSA) is 98.2 Å². The van der Waals surface area contributed by atoms with Crippen LogP contribution < -0.4 is 20.3 Å². The van der Waals surface area contributed by atoms with Crippen molar-refractivity contribution in [3.05, 3.63) is 54.1 Å². The van der Waals surface area contributed by atoms with Crippen LogP contribution in [0.5, 0.6) is 5.75 Å². The van der Waals surface area contributed by atoms with Gasteiger partial charge in [-0.1, -0.05) is 12.1 Å². The van der Waals surface area contributed by atoms with Gasteiger partial charge >= 0.3 is 5.97 Å². The Morgan fingerprint density at radius 2 is 1.52 bits per heavy atom. The van der Waals surface area contributed by atoms with Gasteiger partial charge in [-0.15, -0.1) is 0 Å². The molecule has 2 amide bonds. The Labute approximate surface area is 169 Å². The zero-order chi connectivity index (χ0) is 21.2. The Hall–Kier alpha value is -3.39. The summed E-state index contributed by atoms with van der Waals surface area (Å²) in [5.41, 5.74) is 1.56. The zero-order valence-corrected chi connectivity index (χ0v) is 16.8. The van der Waals surface area contributed by atoms with Gasteiger partial charge < -0.3 is 25.0 Å². The number of para-hydroxylation sites is 2. The van der Waals surface area contributed by atoms with Crippen LogP contribution in [-0.4, -0.2) is 51.6 Å². The van der Waals surface area contributed by atoms with Crippen LogP contribution >= 0.6 is 0 Å². The summed E-state index contributed by atoms with van der Waals surface area (Å²) < 4.78 is 9.87. The highest BCUT2D eigenvalue weighted by molar-refractivity contribution is 5.94. The lowest BCUT2D eigenvalue weighted by atomic mass is 10.2. The van der Waals surface area contributed by atoms with Crippen LogP contribution in [0.1, 0.15) is 17.3 Å². The Kier molecular flexibility index (Phi) is 8.17. The van der Waals surface area contributed by atoms with E-state index in [9.17, 15) is 14.4 Å². The third-order valence-electron chi connectivity index (χ3n) is 4.29. The number of quaternary nitrogens is 1. The number of benzene rings is 2. The number of hydrogen-bond acceptors (Lipinski definition) is 5. The molecule has 1 atom stereocenters. The molecule has 0 bridgehead atoms. The van der Waals surface area contributed by atoms with Gasteiger partial charge in [0, 0.05) is 5.69 Å². The van der Waals surface area contributed by atoms with E-state index in [4.69, 9.17) is 4.74 Å². The van der Waals surface area contributed by atoms with Crippen LogP contribution in [-0.2, 0) is 14.3 Å². The second kappa shape index (κ2) is 10.8. The molecule has 2 rings (SSSR count). The molecule has 2 aromatic rings. The number of anilines is 2. The lowest BCUT2D eigenvalue weighted by molar-refractivity contribution is -0.881. The summed E-state index contributed by atoms with van der Waals surface area (Å²) in [6, 6.07) is 13.6. The van der Waals surface area contributed by atoms with E-state index in [-0.39, 0.29) is 24.9 Å². The number of carbonyl (C=O) groups is 3. The van der Waals surface area contributed by atoms with Crippen molar-refractivity contribution in [3.63, 3.8) is 0 Å². The van der Waals surface area contributed by atoms with Gasteiger partial charge in [0.15, 0.2) is 13.1 Å². The Morgan fingerprint density at radius 1 is 0.897 bits per heavy atom. The monoisotopic (exact) mass is 400 g/mol. The van der Waals surface area contributed by atoms with Gasteiger partial charge in [-0.05, 0) is 43.3 Å². The average molecular weight is 400 g/mol. The largest absolute Gasteiger partial charge is 0.495 e. The van der Waals surface area contributed by atoms with Crippen LogP contribution in [0.25, 0.3) is 0 Å². The molecule has 0 saturated heterocycles. The minimum atomic E-state index is -0.439. The maximum absolute atomic E-state index is 12.4. The number of nitrogens with one attached hydrogen (secondary N) is 3. The van der Waals surface area contributed by atoms with Gasteiger partial charge in [0.2, 0.25) is 0 Å². The molecule has 0 fully saturated rings. The fourth-order valence-electron chi connectivity index (χ4n) is 2.72. The predicted molar refractivity (Wildman–Crippen MR) is 109 cm³/mol. The maximum Gasteiger partial charge on any atom is 0.337 e. The normalized spacial score (nSPS) is 11.3. The van der Waals surface area contributed by atoms with E-state index in [0.717, 1.165) is 4.90 Å². The molecule has 0 saturated carbocycles. The van der Waals surface area contributed by atoms with Crippen molar-refractivity contribution in [3.8, 4) is 5.75 Å². The van der Waals surface area contributed by atoms with Crippen LogP contribution in [0, 0.1) is 0 Å². The van der Waals surface area contributed by atoms with Gasteiger partial charge in [0.05, 0.1) is 32.0 Å². The molecule has 2 aromatic carbocycles. The minimum absolute atomic E-state index is 0.134. The summed E-state index contributed by atoms with van der Waals surface area (Å²) in [5, 5.41) is 5.58. The van der Waals surface area contributed by atoms with Crippen molar-refractivity contribution in [1.82, 2.24) is 0 Å². The van der Waals surface area contributed by atoms with Crippen molar-refractivity contribution in [1.29, 1.82) is 0 Å². The first-order valence-corrected chi connectivity index (χ1v) is 9.21. The predicted octanol–water partition coefficient (Wildman–Crippen LogP) is 0.964. The fourth-order valence-corrected chi connectivity index (χ4v) is 2.72. The first-order valence-electron chi connectivity index (χ1n) is 9.21. The number of rotatable bonds is 9. The molecule has 0 heterocycles. The van der Waals surface area contributed by atoms with Gasteiger partial charge in [-0.2, -0.15) is 0 Å². The SMILES string of the molecule is CC[NH+](CC(=O)Nc1ccc(C(=O)OC)cc1)CC(=O)Nc1ccccc1OC. The average Bonchev–Trinajstić information content (AvgIpc) is 2.73. The van der Waals surface area contributed by atoms with Crippen LogP contribution in [0.2, 0.25) is 0 Å². The number of esters is 1. The third kappa shape index (κ3) is 6.62. The van der Waals surface area contributed by atoms with Gasteiger partial charge in [-0.25, -0.2) is 4.79 Å². The molecular formula is C21H26N3O5+. The van der Waals surface area contributed by atoms with Crippen molar-refractivity contribution < 1.29 is 28.8 Å². The summed E-state index contributed by atoms with van der Waals surface area (Å²) in [4.78, 5) is 36.9. The van der Waals surface area contributed by atoms with Crippen LogP contribution in [0.15, 0.2) is 48.5 Å². The molecule has 29 heavy (non-hydrogen) atoms. The summed E-state index contributed by atoms with van der Waals surface area (Å²) in [7, 11) is 2.85. The van der Waals surface area contributed by atoms with Gasteiger partial charge in [0.1, 0.15) is 5.75 Å². The van der Waals surface area contributed by atoms with Crippen LogP contribution in [0.4, 0.5) is 11.4 Å². The van der Waals surface area contributed by atoms with E-state index in [1.807, 2.05) is 19.1 Å². The maximum atomic E-state index is 12.4. The van der Waals surface area contributed by atoms with Crippen molar-refractivity contribution in [2.24, 2.45) is 0 Å². The number of hydrogen-bond donors (Lipinski definition) is 3. The van der Waals surface area contributed by atoms with E-state index < -0.39 is 5.97 Å². The standard InChI is InChI=1S/C21H25N3O5/c1-4-24(14-20(26)23-17-7-5-6-8-18(17)28-2)13-19(25)22-16-11-9-15(10-12-16)21(27)29-3/h5-12H,4,13-14H2,1-3H3,(H,22,25)(H,23,26)/p+1. The highest BCUT2D eigenvalue weighted by Crippen LogP contribution is 2.22.